The molecule has 2 nitrogen and oxygen atoms in total. The number of nitrogens with one attached hydrogen (secondary N) is 1. The summed E-state index contributed by atoms with van der Waals surface area (Å²) in [5.74, 6) is 0.819. The molecule has 2 N–H and O–H groups in total. The molecule has 0 aromatic rings. The van der Waals surface area contributed by atoms with Gasteiger partial charge in [0.15, 0.2) is 0 Å². The Morgan fingerprint density at radius 2 is 1.54 bits per heavy atom. The zero-order valence-corrected chi connectivity index (χ0v) is 9.34. The lowest BCUT2D eigenvalue weighted by molar-refractivity contribution is 0.181. The van der Waals surface area contributed by atoms with Crippen LogP contribution in [0.1, 0.15) is 46.5 Å². The second kappa shape index (κ2) is 8.52. The predicted molar refractivity (Wildman–Crippen MR) is 57.9 cm³/mol. The summed E-state index contributed by atoms with van der Waals surface area (Å²) in [6.45, 7) is 8.53. The number of aliphatic hydroxyl groups excluding tert-OH is 1. The van der Waals surface area contributed by atoms with Gasteiger partial charge < -0.3 is 10.4 Å². The van der Waals surface area contributed by atoms with Gasteiger partial charge in [-0.1, -0.05) is 13.8 Å². The Morgan fingerprint density at radius 1 is 1.00 bits per heavy atom. The lowest BCUT2D eigenvalue weighted by Gasteiger charge is -2.07. The molecule has 1 atom stereocenters. The normalized spacial score (nSPS) is 13.6. The van der Waals surface area contributed by atoms with Crippen molar-refractivity contribution in [2.24, 2.45) is 5.92 Å². The summed E-state index contributed by atoms with van der Waals surface area (Å²) in [7, 11) is 0. The quantitative estimate of drug-likeness (QED) is 0.571. The average molecular weight is 187 g/mol. The van der Waals surface area contributed by atoms with Crippen molar-refractivity contribution >= 4 is 0 Å². The SMILES string of the molecule is CC(C)CCCNCCCC(C)O. The Hall–Kier alpha value is -0.0800. The smallest absolute Gasteiger partial charge is 0.0512 e. The van der Waals surface area contributed by atoms with Crippen LogP contribution >= 0.6 is 0 Å². The first-order valence-corrected chi connectivity index (χ1v) is 5.51. The fourth-order valence-electron chi connectivity index (χ4n) is 1.28. The number of aliphatic hydroxyl groups is 1. The zero-order valence-electron chi connectivity index (χ0n) is 9.34. The van der Waals surface area contributed by atoms with Crippen LogP contribution in [-0.4, -0.2) is 24.3 Å². The van der Waals surface area contributed by atoms with E-state index >= 15 is 0 Å². The third-order valence-corrected chi connectivity index (χ3v) is 2.11. The number of rotatable bonds is 8. The Balaban J connectivity index is 2.92. The molecule has 0 aliphatic rings. The van der Waals surface area contributed by atoms with Crippen molar-refractivity contribution in [1.29, 1.82) is 0 Å². The molecule has 80 valence electrons. The van der Waals surface area contributed by atoms with Gasteiger partial charge in [-0.15, -0.1) is 0 Å². The highest BCUT2D eigenvalue weighted by molar-refractivity contribution is 4.53. The fraction of sp³-hybridized carbons (Fsp3) is 1.00. The van der Waals surface area contributed by atoms with Gasteiger partial charge in [-0.3, -0.25) is 0 Å². The van der Waals surface area contributed by atoms with Crippen LogP contribution in [0.2, 0.25) is 0 Å². The average Bonchev–Trinajstić information content (AvgIpc) is 2.01. The summed E-state index contributed by atoms with van der Waals surface area (Å²) in [5.41, 5.74) is 0. The van der Waals surface area contributed by atoms with Crippen LogP contribution in [0.3, 0.4) is 0 Å². The van der Waals surface area contributed by atoms with Crippen molar-refractivity contribution in [2.75, 3.05) is 13.1 Å². The van der Waals surface area contributed by atoms with Crippen LogP contribution in [0.5, 0.6) is 0 Å². The summed E-state index contributed by atoms with van der Waals surface area (Å²) in [5, 5.41) is 12.4. The third kappa shape index (κ3) is 11.9. The Morgan fingerprint density at radius 3 is 2.00 bits per heavy atom. The summed E-state index contributed by atoms with van der Waals surface area (Å²) in [4.78, 5) is 0. The molecule has 0 heterocycles. The Bertz CT molecular complexity index is 90.3. The van der Waals surface area contributed by atoms with E-state index in [4.69, 9.17) is 5.11 Å². The first-order chi connectivity index (χ1) is 6.13. The molecule has 0 aromatic carbocycles. The largest absolute Gasteiger partial charge is 0.393 e. The lowest BCUT2D eigenvalue weighted by Crippen LogP contribution is -2.18. The van der Waals surface area contributed by atoms with Crippen molar-refractivity contribution in [3.8, 4) is 0 Å². The minimum atomic E-state index is -0.141. The Kier molecular flexibility index (Phi) is 8.46. The van der Waals surface area contributed by atoms with Crippen LogP contribution in [0.25, 0.3) is 0 Å². The van der Waals surface area contributed by atoms with E-state index in [2.05, 4.69) is 19.2 Å². The number of hydrogen-bond donors (Lipinski definition) is 2. The maximum absolute atomic E-state index is 9.00. The zero-order chi connectivity index (χ0) is 10.1. The predicted octanol–water partition coefficient (Wildman–Crippen LogP) is 2.17. The molecule has 0 amide bonds. The van der Waals surface area contributed by atoms with Crippen LogP contribution in [0.4, 0.5) is 0 Å². The molecule has 0 fully saturated rings. The molecular formula is C11H25NO. The molecule has 1 unspecified atom stereocenters. The van der Waals surface area contributed by atoms with Gasteiger partial charge in [-0.05, 0) is 51.6 Å². The summed E-state index contributed by atoms with van der Waals surface area (Å²) < 4.78 is 0. The second-order valence-corrected chi connectivity index (χ2v) is 4.28. The maximum Gasteiger partial charge on any atom is 0.0512 e. The van der Waals surface area contributed by atoms with Gasteiger partial charge in [0.2, 0.25) is 0 Å². The van der Waals surface area contributed by atoms with Crippen LogP contribution in [0.15, 0.2) is 0 Å². The van der Waals surface area contributed by atoms with E-state index < -0.39 is 0 Å². The highest BCUT2D eigenvalue weighted by atomic mass is 16.3. The molecule has 0 saturated carbocycles. The first kappa shape index (κ1) is 12.9. The molecule has 0 spiro atoms. The van der Waals surface area contributed by atoms with E-state index in [1.807, 2.05) is 6.92 Å². The lowest BCUT2D eigenvalue weighted by atomic mass is 10.1. The monoisotopic (exact) mass is 187 g/mol. The van der Waals surface area contributed by atoms with Crippen molar-refractivity contribution in [2.45, 2.75) is 52.6 Å². The molecule has 0 aliphatic heterocycles. The summed E-state index contributed by atoms with van der Waals surface area (Å²) in [6.07, 6.45) is 4.43. The standard InChI is InChI=1S/C11H25NO/c1-10(2)6-4-8-12-9-5-7-11(3)13/h10-13H,4-9H2,1-3H3. The van der Waals surface area contributed by atoms with Gasteiger partial charge in [-0.2, -0.15) is 0 Å². The van der Waals surface area contributed by atoms with E-state index in [-0.39, 0.29) is 6.10 Å². The Labute approximate surface area is 82.7 Å². The van der Waals surface area contributed by atoms with Gasteiger partial charge in [0, 0.05) is 0 Å². The molecule has 0 aromatic heterocycles. The molecule has 0 aliphatic carbocycles. The van der Waals surface area contributed by atoms with Crippen molar-refractivity contribution in [3.63, 3.8) is 0 Å². The van der Waals surface area contributed by atoms with Gasteiger partial charge in [0.25, 0.3) is 0 Å². The van der Waals surface area contributed by atoms with Gasteiger partial charge in [-0.25, -0.2) is 0 Å². The molecule has 0 bridgehead atoms. The summed E-state index contributed by atoms with van der Waals surface area (Å²) in [6, 6.07) is 0. The minimum Gasteiger partial charge on any atom is -0.393 e. The topological polar surface area (TPSA) is 32.3 Å². The van der Waals surface area contributed by atoms with E-state index in [0.717, 1.165) is 31.8 Å². The van der Waals surface area contributed by atoms with E-state index in [1.54, 1.807) is 0 Å². The molecular weight excluding hydrogens is 162 g/mol. The molecule has 0 saturated heterocycles. The fourth-order valence-corrected chi connectivity index (χ4v) is 1.28. The third-order valence-electron chi connectivity index (χ3n) is 2.11. The van der Waals surface area contributed by atoms with Crippen LogP contribution in [-0.2, 0) is 0 Å². The molecule has 0 radical (unpaired) electrons. The van der Waals surface area contributed by atoms with Crippen LogP contribution < -0.4 is 5.32 Å². The summed E-state index contributed by atoms with van der Waals surface area (Å²) >= 11 is 0. The van der Waals surface area contributed by atoms with Crippen LogP contribution in [0, 0.1) is 5.92 Å². The van der Waals surface area contributed by atoms with E-state index in [0.29, 0.717) is 0 Å². The van der Waals surface area contributed by atoms with Gasteiger partial charge >= 0.3 is 0 Å². The number of hydrogen-bond acceptors (Lipinski definition) is 2. The second-order valence-electron chi connectivity index (χ2n) is 4.28. The highest BCUT2D eigenvalue weighted by Crippen LogP contribution is 2.01. The van der Waals surface area contributed by atoms with E-state index in [1.165, 1.54) is 12.8 Å². The molecule has 13 heavy (non-hydrogen) atoms. The van der Waals surface area contributed by atoms with E-state index in [9.17, 15) is 0 Å². The first-order valence-electron chi connectivity index (χ1n) is 5.51. The van der Waals surface area contributed by atoms with Crippen molar-refractivity contribution < 1.29 is 5.11 Å². The minimum absolute atomic E-state index is 0.141. The van der Waals surface area contributed by atoms with Crippen molar-refractivity contribution in [3.05, 3.63) is 0 Å². The maximum atomic E-state index is 9.00. The van der Waals surface area contributed by atoms with Crippen molar-refractivity contribution in [1.82, 2.24) is 5.32 Å². The molecule has 0 rings (SSSR count). The van der Waals surface area contributed by atoms with Gasteiger partial charge in [0.1, 0.15) is 0 Å². The van der Waals surface area contributed by atoms with Gasteiger partial charge in [0.05, 0.1) is 6.10 Å². The highest BCUT2D eigenvalue weighted by Gasteiger charge is 1.95. The molecule has 2 heteroatoms.